The van der Waals surface area contributed by atoms with Gasteiger partial charge in [0.05, 0.1) is 17.7 Å². The van der Waals surface area contributed by atoms with E-state index in [1.807, 2.05) is 13.8 Å². The first-order valence-electron chi connectivity index (χ1n) is 5.19. The largest absolute Gasteiger partial charge is 0.394 e. The van der Waals surface area contributed by atoms with E-state index in [9.17, 15) is 4.79 Å². The number of halogens is 1. The molecule has 0 saturated heterocycles. The number of amides is 1. The van der Waals surface area contributed by atoms with Gasteiger partial charge in [-0.3, -0.25) is 4.79 Å². The highest BCUT2D eigenvalue weighted by molar-refractivity contribution is 6.31. The number of carbonyl (C=O) groups is 1. The van der Waals surface area contributed by atoms with E-state index in [1.165, 1.54) is 0 Å². The molecule has 0 aliphatic heterocycles. The van der Waals surface area contributed by atoms with Crippen LogP contribution in [-0.4, -0.2) is 28.2 Å². The third kappa shape index (κ3) is 3.00. The van der Waals surface area contributed by atoms with Crippen molar-refractivity contribution in [3.8, 4) is 0 Å². The fourth-order valence-electron chi connectivity index (χ4n) is 1.42. The van der Waals surface area contributed by atoms with Crippen LogP contribution >= 0.6 is 11.6 Å². The van der Waals surface area contributed by atoms with Crippen molar-refractivity contribution in [1.82, 2.24) is 9.88 Å². The van der Waals surface area contributed by atoms with Crippen LogP contribution in [0.4, 0.5) is 0 Å². The first-order valence-corrected chi connectivity index (χ1v) is 5.57. The lowest BCUT2D eigenvalue weighted by Gasteiger charge is -2.19. The molecule has 0 radical (unpaired) electrons. The number of rotatable bonds is 4. The summed E-state index contributed by atoms with van der Waals surface area (Å²) in [7, 11) is 1.75. The number of hydrogen-bond acceptors (Lipinski definition) is 2. The molecule has 2 N–H and O–H groups in total. The zero-order chi connectivity index (χ0) is 12.3. The van der Waals surface area contributed by atoms with E-state index >= 15 is 0 Å². The van der Waals surface area contributed by atoms with Gasteiger partial charge in [-0.1, -0.05) is 25.4 Å². The third-order valence-electron chi connectivity index (χ3n) is 2.52. The monoisotopic (exact) mass is 244 g/mol. The molecule has 1 unspecified atom stereocenters. The zero-order valence-corrected chi connectivity index (χ0v) is 10.5. The van der Waals surface area contributed by atoms with E-state index in [0.29, 0.717) is 10.7 Å². The third-order valence-corrected chi connectivity index (χ3v) is 2.73. The molecule has 0 aliphatic rings. The molecular formula is C11H17ClN2O2. The molecule has 90 valence electrons. The Morgan fingerprint density at radius 1 is 1.62 bits per heavy atom. The molecule has 0 aliphatic carbocycles. The Bertz CT molecular complexity index is 374. The van der Waals surface area contributed by atoms with Crippen LogP contribution in [-0.2, 0) is 7.05 Å². The van der Waals surface area contributed by atoms with Crippen molar-refractivity contribution in [3.63, 3.8) is 0 Å². The number of nitrogens with zero attached hydrogens (tertiary/aromatic N) is 1. The molecule has 0 saturated carbocycles. The minimum atomic E-state index is -0.235. The number of carbonyl (C=O) groups excluding carboxylic acids is 1. The Kier molecular flexibility index (Phi) is 4.38. The van der Waals surface area contributed by atoms with Gasteiger partial charge in [-0.25, -0.2) is 0 Å². The number of hydrogen-bond donors (Lipinski definition) is 2. The number of aliphatic hydroxyl groups is 1. The van der Waals surface area contributed by atoms with Crippen LogP contribution in [0.1, 0.15) is 24.3 Å². The van der Waals surface area contributed by atoms with Crippen LogP contribution in [0.15, 0.2) is 12.3 Å². The standard InChI is InChI=1S/C11H17ClN2O2/c1-7(2)9(6-15)13-11(16)10-4-8(12)5-14(10)3/h4-5,7,9,15H,6H2,1-3H3,(H,13,16). The first-order chi connectivity index (χ1) is 7.45. The van der Waals surface area contributed by atoms with Crippen molar-refractivity contribution >= 4 is 17.5 Å². The molecule has 0 bridgehead atoms. The second-order valence-corrected chi connectivity index (χ2v) is 4.60. The van der Waals surface area contributed by atoms with Crippen molar-refractivity contribution in [3.05, 3.63) is 23.0 Å². The average molecular weight is 245 g/mol. The molecule has 1 amide bonds. The van der Waals surface area contributed by atoms with E-state index in [0.717, 1.165) is 0 Å². The lowest BCUT2D eigenvalue weighted by atomic mass is 10.1. The summed E-state index contributed by atoms with van der Waals surface area (Å²) < 4.78 is 1.66. The summed E-state index contributed by atoms with van der Waals surface area (Å²) in [5, 5.41) is 12.4. The Hall–Kier alpha value is -1.00. The Morgan fingerprint density at radius 2 is 2.25 bits per heavy atom. The van der Waals surface area contributed by atoms with Crippen molar-refractivity contribution in [1.29, 1.82) is 0 Å². The molecule has 0 aromatic carbocycles. The molecule has 16 heavy (non-hydrogen) atoms. The number of aromatic nitrogens is 1. The van der Waals surface area contributed by atoms with Gasteiger partial charge in [-0.2, -0.15) is 0 Å². The molecule has 1 rings (SSSR count). The SMILES string of the molecule is CC(C)C(CO)NC(=O)c1cc(Cl)cn1C. The molecule has 4 nitrogen and oxygen atoms in total. The Morgan fingerprint density at radius 3 is 2.62 bits per heavy atom. The van der Waals surface area contributed by atoms with Crippen LogP contribution in [0.25, 0.3) is 0 Å². The number of aliphatic hydroxyl groups excluding tert-OH is 1. The maximum Gasteiger partial charge on any atom is 0.268 e. The Labute approximate surface area is 100 Å². The summed E-state index contributed by atoms with van der Waals surface area (Å²) in [5.41, 5.74) is 0.490. The second kappa shape index (κ2) is 5.37. The summed E-state index contributed by atoms with van der Waals surface area (Å²) >= 11 is 5.79. The van der Waals surface area contributed by atoms with Crippen molar-refractivity contribution in [2.75, 3.05) is 6.61 Å². The summed E-state index contributed by atoms with van der Waals surface area (Å²) in [6.45, 7) is 3.82. The highest BCUT2D eigenvalue weighted by atomic mass is 35.5. The fraction of sp³-hybridized carbons (Fsp3) is 0.545. The quantitative estimate of drug-likeness (QED) is 0.842. The van der Waals surface area contributed by atoms with E-state index in [4.69, 9.17) is 16.7 Å². The summed E-state index contributed by atoms with van der Waals surface area (Å²) in [6, 6.07) is 1.37. The second-order valence-electron chi connectivity index (χ2n) is 4.16. The maximum absolute atomic E-state index is 11.9. The smallest absolute Gasteiger partial charge is 0.268 e. The van der Waals surface area contributed by atoms with E-state index in [-0.39, 0.29) is 24.5 Å². The normalized spacial score (nSPS) is 12.9. The predicted octanol–water partition coefficient (Wildman–Crippen LogP) is 1.43. The van der Waals surface area contributed by atoms with Gasteiger partial charge >= 0.3 is 0 Å². The average Bonchev–Trinajstić information content (AvgIpc) is 2.53. The highest BCUT2D eigenvalue weighted by Crippen LogP contribution is 2.13. The maximum atomic E-state index is 11.9. The van der Waals surface area contributed by atoms with Gasteiger partial charge < -0.3 is 15.0 Å². The molecule has 5 heteroatoms. The van der Waals surface area contributed by atoms with Crippen LogP contribution in [0.2, 0.25) is 5.02 Å². The van der Waals surface area contributed by atoms with Crippen molar-refractivity contribution in [2.24, 2.45) is 13.0 Å². The van der Waals surface area contributed by atoms with Gasteiger partial charge in [0.2, 0.25) is 0 Å². The van der Waals surface area contributed by atoms with Crippen molar-refractivity contribution in [2.45, 2.75) is 19.9 Å². The van der Waals surface area contributed by atoms with E-state index in [1.54, 1.807) is 23.9 Å². The van der Waals surface area contributed by atoms with Crippen LogP contribution in [0, 0.1) is 5.92 Å². The van der Waals surface area contributed by atoms with Gasteiger partial charge in [0.1, 0.15) is 5.69 Å². The lowest BCUT2D eigenvalue weighted by Crippen LogP contribution is -2.41. The number of nitrogens with one attached hydrogen (secondary N) is 1. The molecular weight excluding hydrogens is 228 g/mol. The Balaban J connectivity index is 2.75. The van der Waals surface area contributed by atoms with Gasteiger partial charge in [0.25, 0.3) is 5.91 Å². The van der Waals surface area contributed by atoms with Crippen LogP contribution < -0.4 is 5.32 Å². The molecule has 1 atom stereocenters. The zero-order valence-electron chi connectivity index (χ0n) is 9.70. The molecule has 1 aromatic rings. The molecule has 0 spiro atoms. The van der Waals surface area contributed by atoms with E-state index in [2.05, 4.69) is 5.32 Å². The van der Waals surface area contributed by atoms with Gasteiger partial charge in [0, 0.05) is 13.2 Å². The van der Waals surface area contributed by atoms with Crippen LogP contribution in [0.3, 0.4) is 0 Å². The fourth-order valence-corrected chi connectivity index (χ4v) is 1.67. The van der Waals surface area contributed by atoms with Gasteiger partial charge in [0.15, 0.2) is 0 Å². The number of aryl methyl sites for hydroxylation is 1. The molecule has 1 aromatic heterocycles. The minimum absolute atomic E-state index is 0.0679. The summed E-state index contributed by atoms with van der Waals surface area (Å²) in [6.07, 6.45) is 1.67. The van der Waals surface area contributed by atoms with Gasteiger partial charge in [-0.15, -0.1) is 0 Å². The first kappa shape index (κ1) is 13.1. The van der Waals surface area contributed by atoms with Crippen molar-refractivity contribution < 1.29 is 9.90 Å². The van der Waals surface area contributed by atoms with E-state index < -0.39 is 0 Å². The highest BCUT2D eigenvalue weighted by Gasteiger charge is 2.18. The van der Waals surface area contributed by atoms with Crippen LogP contribution in [0.5, 0.6) is 0 Å². The topological polar surface area (TPSA) is 54.3 Å². The molecule has 0 fully saturated rings. The summed E-state index contributed by atoms with van der Waals surface area (Å²) in [4.78, 5) is 11.9. The lowest BCUT2D eigenvalue weighted by molar-refractivity contribution is 0.0888. The minimum Gasteiger partial charge on any atom is -0.394 e. The predicted molar refractivity (Wildman–Crippen MR) is 63.6 cm³/mol. The molecule has 1 heterocycles. The summed E-state index contributed by atoms with van der Waals surface area (Å²) in [5.74, 6) is -0.0353. The van der Waals surface area contributed by atoms with Gasteiger partial charge in [-0.05, 0) is 12.0 Å².